The van der Waals surface area contributed by atoms with Crippen molar-refractivity contribution in [2.75, 3.05) is 0 Å². The fraction of sp³-hybridized carbons (Fsp3) is 0.333. The van der Waals surface area contributed by atoms with Crippen molar-refractivity contribution >= 4 is 17.7 Å². The number of rotatable bonds is 8. The van der Waals surface area contributed by atoms with Gasteiger partial charge in [-0.3, -0.25) is 4.98 Å². The zero-order valence-electron chi connectivity index (χ0n) is 19.8. The Labute approximate surface area is 200 Å². The van der Waals surface area contributed by atoms with Crippen LogP contribution in [-0.2, 0) is 25.3 Å². The van der Waals surface area contributed by atoms with Crippen LogP contribution in [0.3, 0.4) is 0 Å². The van der Waals surface area contributed by atoms with Crippen LogP contribution in [0, 0.1) is 12.3 Å². The summed E-state index contributed by atoms with van der Waals surface area (Å²) in [6, 6.07) is 15.4. The summed E-state index contributed by atoms with van der Waals surface area (Å²) < 4.78 is 0. The van der Waals surface area contributed by atoms with Gasteiger partial charge in [0, 0.05) is 35.1 Å². The molecule has 3 aromatic rings. The Bertz CT molecular complexity index is 1140. The first-order valence-electron chi connectivity index (χ1n) is 11.1. The first-order chi connectivity index (χ1) is 15.6. The number of aryl methyl sites for hydroxylation is 1. The molecule has 33 heavy (non-hydrogen) atoms. The van der Waals surface area contributed by atoms with Crippen LogP contribution in [0.25, 0.3) is 11.1 Å². The molecule has 1 heterocycles. The maximum atomic E-state index is 11.7. The van der Waals surface area contributed by atoms with Crippen molar-refractivity contribution in [3.63, 3.8) is 0 Å². The predicted octanol–water partition coefficient (Wildman–Crippen LogP) is 5.55. The van der Waals surface area contributed by atoms with Crippen LogP contribution in [-0.4, -0.2) is 16.1 Å². The zero-order chi connectivity index (χ0) is 24.2. The van der Waals surface area contributed by atoms with Crippen LogP contribution in [0.5, 0.6) is 0 Å². The molecule has 0 unspecified atom stereocenters. The molecule has 1 aromatic heterocycles. The van der Waals surface area contributed by atoms with E-state index < -0.39 is 5.97 Å². The molecule has 0 saturated carbocycles. The molecule has 0 atom stereocenters. The fourth-order valence-electron chi connectivity index (χ4n) is 3.96. The maximum Gasteiger partial charge on any atom is 0.336 e. The van der Waals surface area contributed by atoms with Crippen molar-refractivity contribution in [2.24, 2.45) is 16.9 Å². The lowest BCUT2D eigenvalue weighted by Gasteiger charge is -2.24. The highest BCUT2D eigenvalue weighted by molar-refractivity contribution is 7.98. The van der Waals surface area contributed by atoms with E-state index in [0.29, 0.717) is 24.4 Å². The average molecular weight is 464 g/mol. The van der Waals surface area contributed by atoms with Crippen molar-refractivity contribution in [1.29, 1.82) is 0 Å². The SMILES string of the molecule is Cc1nc(CC(C)(C)C)c(CN)c(-c2ccc(CN)cc2)c1CSc1ccccc1C(=O)O. The molecule has 2 aromatic carbocycles. The molecule has 6 heteroatoms. The van der Waals surface area contributed by atoms with Crippen LogP contribution < -0.4 is 11.5 Å². The van der Waals surface area contributed by atoms with Crippen LogP contribution in [0.4, 0.5) is 0 Å². The third kappa shape index (κ3) is 6.02. The van der Waals surface area contributed by atoms with E-state index >= 15 is 0 Å². The molecule has 3 rings (SSSR count). The summed E-state index contributed by atoms with van der Waals surface area (Å²) in [5.41, 5.74) is 19.9. The van der Waals surface area contributed by atoms with E-state index in [4.69, 9.17) is 16.5 Å². The Morgan fingerprint density at radius 3 is 2.24 bits per heavy atom. The van der Waals surface area contributed by atoms with Gasteiger partial charge in [-0.15, -0.1) is 11.8 Å². The second-order valence-electron chi connectivity index (χ2n) is 9.41. The molecule has 0 fully saturated rings. The Kier molecular flexibility index (Phi) is 7.95. The molecular weight excluding hydrogens is 430 g/mol. The van der Waals surface area contributed by atoms with E-state index in [1.807, 2.05) is 31.2 Å². The molecule has 5 N–H and O–H groups in total. The fourth-order valence-corrected chi connectivity index (χ4v) is 5.10. The number of benzene rings is 2. The van der Waals surface area contributed by atoms with Crippen LogP contribution >= 0.6 is 11.8 Å². The smallest absolute Gasteiger partial charge is 0.336 e. The van der Waals surface area contributed by atoms with E-state index in [2.05, 4.69) is 32.9 Å². The number of thioether (sulfide) groups is 1. The number of aromatic carboxylic acids is 1. The van der Waals surface area contributed by atoms with Crippen molar-refractivity contribution in [2.45, 2.75) is 57.9 Å². The highest BCUT2D eigenvalue weighted by Crippen LogP contribution is 2.37. The first kappa shape index (κ1) is 25.0. The number of carboxylic acids is 1. The standard InChI is InChI=1S/C27H33N3O2S/c1-17-22(16-33-24-8-6-5-7-20(24)26(31)32)25(19-11-9-18(14-28)10-12-19)21(15-29)23(30-17)13-27(2,3)4/h5-12H,13-16,28-29H2,1-4H3,(H,31,32). The summed E-state index contributed by atoms with van der Waals surface area (Å²) >= 11 is 1.52. The lowest BCUT2D eigenvalue weighted by atomic mass is 9.85. The molecular formula is C27H33N3O2S. The number of hydrogen-bond acceptors (Lipinski definition) is 5. The summed E-state index contributed by atoms with van der Waals surface area (Å²) in [6.45, 7) is 9.51. The molecule has 0 bridgehead atoms. The van der Waals surface area contributed by atoms with E-state index in [1.165, 1.54) is 11.8 Å². The third-order valence-electron chi connectivity index (χ3n) is 5.56. The van der Waals surface area contributed by atoms with Crippen molar-refractivity contribution in [1.82, 2.24) is 4.98 Å². The number of hydrogen-bond donors (Lipinski definition) is 3. The van der Waals surface area contributed by atoms with E-state index in [-0.39, 0.29) is 5.41 Å². The molecule has 0 amide bonds. The van der Waals surface area contributed by atoms with Gasteiger partial charge >= 0.3 is 5.97 Å². The topological polar surface area (TPSA) is 102 Å². The van der Waals surface area contributed by atoms with Crippen molar-refractivity contribution < 1.29 is 9.90 Å². The van der Waals surface area contributed by atoms with Gasteiger partial charge in [0.05, 0.1) is 5.56 Å². The molecule has 0 radical (unpaired) electrons. The first-order valence-corrected chi connectivity index (χ1v) is 12.1. The summed E-state index contributed by atoms with van der Waals surface area (Å²) in [5.74, 6) is -0.325. The molecule has 0 saturated heterocycles. The Morgan fingerprint density at radius 2 is 1.67 bits per heavy atom. The lowest BCUT2D eigenvalue weighted by molar-refractivity contribution is 0.0693. The Hall–Kier alpha value is -2.67. The quantitative estimate of drug-likeness (QED) is 0.378. The number of pyridine rings is 1. The summed E-state index contributed by atoms with van der Waals surface area (Å²) in [7, 11) is 0. The summed E-state index contributed by atoms with van der Waals surface area (Å²) in [4.78, 5) is 17.4. The van der Waals surface area contributed by atoms with E-state index in [9.17, 15) is 9.90 Å². The highest BCUT2D eigenvalue weighted by atomic mass is 32.2. The minimum absolute atomic E-state index is 0.0702. The number of nitrogens with two attached hydrogens (primary N) is 2. The summed E-state index contributed by atoms with van der Waals surface area (Å²) in [6.07, 6.45) is 0.823. The van der Waals surface area contributed by atoms with Gasteiger partial charge in [-0.05, 0) is 58.7 Å². The molecule has 0 aliphatic rings. The average Bonchev–Trinajstić information content (AvgIpc) is 2.77. The zero-order valence-corrected chi connectivity index (χ0v) is 20.6. The van der Waals surface area contributed by atoms with E-state index in [1.54, 1.807) is 12.1 Å². The van der Waals surface area contributed by atoms with Gasteiger partial charge in [0.2, 0.25) is 0 Å². The van der Waals surface area contributed by atoms with Gasteiger partial charge in [-0.1, -0.05) is 57.2 Å². The van der Waals surface area contributed by atoms with Gasteiger partial charge < -0.3 is 16.6 Å². The second kappa shape index (κ2) is 10.5. The normalized spacial score (nSPS) is 11.6. The summed E-state index contributed by atoms with van der Waals surface area (Å²) in [5, 5.41) is 9.57. The second-order valence-corrected chi connectivity index (χ2v) is 10.4. The third-order valence-corrected chi connectivity index (χ3v) is 6.66. The number of nitrogens with zero attached hydrogens (tertiary/aromatic N) is 1. The molecule has 0 aliphatic carbocycles. The minimum atomic E-state index is -0.922. The maximum absolute atomic E-state index is 11.7. The van der Waals surface area contributed by atoms with Crippen LogP contribution in [0.15, 0.2) is 53.4 Å². The molecule has 0 aliphatic heterocycles. The van der Waals surface area contributed by atoms with Gasteiger partial charge in [0.1, 0.15) is 0 Å². The predicted molar refractivity (Wildman–Crippen MR) is 136 cm³/mol. The lowest BCUT2D eigenvalue weighted by Crippen LogP contribution is -2.17. The van der Waals surface area contributed by atoms with Crippen LogP contribution in [0.2, 0.25) is 0 Å². The number of carboxylic acid groups (broad SMARTS) is 1. The number of carbonyl (C=O) groups is 1. The Balaban J connectivity index is 2.14. The van der Waals surface area contributed by atoms with Crippen molar-refractivity contribution in [3.8, 4) is 11.1 Å². The highest BCUT2D eigenvalue weighted by Gasteiger charge is 2.22. The van der Waals surface area contributed by atoms with Gasteiger partial charge in [-0.25, -0.2) is 4.79 Å². The van der Waals surface area contributed by atoms with Crippen molar-refractivity contribution in [3.05, 3.63) is 82.2 Å². The molecule has 5 nitrogen and oxygen atoms in total. The molecule has 0 spiro atoms. The minimum Gasteiger partial charge on any atom is -0.478 e. The van der Waals surface area contributed by atoms with Gasteiger partial charge in [-0.2, -0.15) is 0 Å². The largest absolute Gasteiger partial charge is 0.478 e. The van der Waals surface area contributed by atoms with Crippen LogP contribution in [0.1, 0.15) is 59.2 Å². The monoisotopic (exact) mass is 463 g/mol. The van der Waals surface area contributed by atoms with Gasteiger partial charge in [0.25, 0.3) is 0 Å². The Morgan fingerprint density at radius 1 is 1.00 bits per heavy atom. The van der Waals surface area contributed by atoms with E-state index in [0.717, 1.165) is 50.5 Å². The number of aromatic nitrogens is 1. The molecule has 174 valence electrons. The van der Waals surface area contributed by atoms with Gasteiger partial charge in [0.15, 0.2) is 0 Å².